The zero-order chi connectivity index (χ0) is 21.2. The van der Waals surface area contributed by atoms with Crippen molar-refractivity contribution in [1.29, 1.82) is 0 Å². The van der Waals surface area contributed by atoms with E-state index < -0.39 is 4.92 Å². The lowest BCUT2D eigenvalue weighted by molar-refractivity contribution is -0.384. The van der Waals surface area contributed by atoms with Crippen molar-refractivity contribution >= 4 is 17.3 Å². The number of nitro benzene ring substituents is 1. The van der Waals surface area contributed by atoms with E-state index in [4.69, 9.17) is 0 Å². The highest BCUT2D eigenvalue weighted by Gasteiger charge is 2.06. The van der Waals surface area contributed by atoms with E-state index in [1.165, 1.54) is 95.6 Å². The predicted molar refractivity (Wildman–Crippen MR) is 121 cm³/mol. The number of anilines is 1. The molecular formula is C24H40N2O3. The first-order chi connectivity index (χ1) is 14.1. The molecule has 0 bridgehead atoms. The van der Waals surface area contributed by atoms with Gasteiger partial charge in [-0.05, 0) is 18.6 Å². The lowest BCUT2D eigenvalue weighted by Gasteiger charge is -2.05. The van der Waals surface area contributed by atoms with E-state index in [0.717, 1.165) is 12.8 Å². The highest BCUT2D eigenvalue weighted by atomic mass is 16.6. The molecule has 0 aliphatic heterocycles. The Labute approximate surface area is 176 Å². The Kier molecular flexibility index (Phi) is 14.7. The molecule has 0 spiro atoms. The molecule has 0 saturated carbocycles. The van der Waals surface area contributed by atoms with Gasteiger partial charge in [0.05, 0.1) is 4.92 Å². The quantitative estimate of drug-likeness (QED) is 0.154. The van der Waals surface area contributed by atoms with Crippen molar-refractivity contribution < 1.29 is 9.72 Å². The van der Waals surface area contributed by atoms with Crippen LogP contribution in [0.5, 0.6) is 0 Å². The molecule has 0 fully saturated rings. The second-order valence-corrected chi connectivity index (χ2v) is 8.05. The Morgan fingerprint density at radius 1 is 0.759 bits per heavy atom. The molecule has 0 heterocycles. The van der Waals surface area contributed by atoms with Crippen LogP contribution >= 0.6 is 0 Å². The zero-order valence-corrected chi connectivity index (χ0v) is 18.3. The minimum Gasteiger partial charge on any atom is -0.326 e. The van der Waals surface area contributed by atoms with Crippen molar-refractivity contribution in [2.45, 2.75) is 110 Å². The number of non-ortho nitro benzene ring substituents is 1. The number of carbonyl (C=O) groups excluding carboxylic acids is 1. The number of hydrogen-bond acceptors (Lipinski definition) is 3. The van der Waals surface area contributed by atoms with Gasteiger partial charge in [0.1, 0.15) is 0 Å². The summed E-state index contributed by atoms with van der Waals surface area (Å²) in [5, 5.41) is 13.4. The van der Waals surface area contributed by atoms with Gasteiger partial charge in [0.2, 0.25) is 5.91 Å². The van der Waals surface area contributed by atoms with Crippen LogP contribution in [0.1, 0.15) is 110 Å². The molecule has 5 nitrogen and oxygen atoms in total. The fourth-order valence-electron chi connectivity index (χ4n) is 3.55. The first kappa shape index (κ1) is 25.1. The summed E-state index contributed by atoms with van der Waals surface area (Å²) in [7, 11) is 0. The SMILES string of the molecule is CCCCCCCCCCCCCCCCCC(=O)Nc1ccc([N+](=O)[O-])cc1. The topological polar surface area (TPSA) is 72.2 Å². The molecule has 0 aromatic heterocycles. The summed E-state index contributed by atoms with van der Waals surface area (Å²) in [6.07, 6.45) is 20.1. The predicted octanol–water partition coefficient (Wildman–Crippen LogP) is 7.79. The molecule has 0 aliphatic carbocycles. The summed E-state index contributed by atoms with van der Waals surface area (Å²) < 4.78 is 0. The summed E-state index contributed by atoms with van der Waals surface area (Å²) in [6, 6.07) is 5.96. The second kappa shape index (κ2) is 17.0. The highest BCUT2D eigenvalue weighted by Crippen LogP contribution is 2.16. The molecule has 5 heteroatoms. The van der Waals surface area contributed by atoms with Gasteiger partial charge in [0, 0.05) is 24.2 Å². The third-order valence-corrected chi connectivity index (χ3v) is 5.37. The van der Waals surface area contributed by atoms with Gasteiger partial charge in [0.15, 0.2) is 0 Å². The maximum atomic E-state index is 11.9. The molecule has 0 atom stereocenters. The van der Waals surface area contributed by atoms with E-state index >= 15 is 0 Å². The van der Waals surface area contributed by atoms with Crippen LogP contribution < -0.4 is 5.32 Å². The van der Waals surface area contributed by atoms with Crippen molar-refractivity contribution in [2.75, 3.05) is 5.32 Å². The molecule has 1 aromatic rings. The standard InChI is InChI=1S/C24H40N2O3/c1-2-3-4-5-6-7-8-9-10-11-12-13-14-15-16-17-24(27)25-22-18-20-23(21-19-22)26(28)29/h18-21H,2-17H2,1H3,(H,25,27). The molecule has 0 aliphatic rings. The van der Waals surface area contributed by atoms with Crippen LogP contribution in [-0.4, -0.2) is 10.8 Å². The Morgan fingerprint density at radius 3 is 1.59 bits per heavy atom. The number of rotatable bonds is 18. The van der Waals surface area contributed by atoms with Crippen LogP contribution in [0.2, 0.25) is 0 Å². The molecule has 0 saturated heterocycles. The number of benzene rings is 1. The van der Waals surface area contributed by atoms with Crippen molar-refractivity contribution in [2.24, 2.45) is 0 Å². The fraction of sp³-hybridized carbons (Fsp3) is 0.708. The molecule has 1 amide bonds. The number of carbonyl (C=O) groups is 1. The monoisotopic (exact) mass is 404 g/mol. The number of nitrogens with one attached hydrogen (secondary N) is 1. The maximum absolute atomic E-state index is 11.9. The Hall–Kier alpha value is -1.91. The summed E-state index contributed by atoms with van der Waals surface area (Å²) in [5.74, 6) is -0.0199. The second-order valence-electron chi connectivity index (χ2n) is 8.05. The summed E-state index contributed by atoms with van der Waals surface area (Å²) in [4.78, 5) is 22.1. The van der Waals surface area contributed by atoms with Gasteiger partial charge in [-0.15, -0.1) is 0 Å². The van der Waals surface area contributed by atoms with Gasteiger partial charge < -0.3 is 5.32 Å². The molecule has 1 aromatic carbocycles. The Morgan fingerprint density at radius 2 is 1.17 bits per heavy atom. The van der Waals surface area contributed by atoms with Crippen LogP contribution in [0.3, 0.4) is 0 Å². The number of amides is 1. The first-order valence-electron chi connectivity index (χ1n) is 11.7. The van der Waals surface area contributed by atoms with Gasteiger partial charge in [-0.1, -0.05) is 96.8 Å². The number of nitrogens with zero attached hydrogens (tertiary/aromatic N) is 1. The van der Waals surface area contributed by atoms with Crippen molar-refractivity contribution in [3.8, 4) is 0 Å². The lowest BCUT2D eigenvalue weighted by atomic mass is 10.0. The van der Waals surface area contributed by atoms with Gasteiger partial charge in [-0.2, -0.15) is 0 Å². The van der Waals surface area contributed by atoms with Crippen LogP contribution in [0.25, 0.3) is 0 Å². The molecule has 164 valence electrons. The van der Waals surface area contributed by atoms with E-state index in [9.17, 15) is 14.9 Å². The van der Waals surface area contributed by atoms with Crippen molar-refractivity contribution in [3.05, 3.63) is 34.4 Å². The van der Waals surface area contributed by atoms with Crippen LogP contribution in [0, 0.1) is 10.1 Å². The average molecular weight is 405 g/mol. The van der Waals surface area contributed by atoms with E-state index in [0.29, 0.717) is 12.1 Å². The minimum absolute atomic E-state index is 0.0199. The molecule has 0 unspecified atom stereocenters. The van der Waals surface area contributed by atoms with E-state index in [-0.39, 0.29) is 11.6 Å². The molecule has 29 heavy (non-hydrogen) atoms. The normalized spacial score (nSPS) is 10.8. The summed E-state index contributed by atoms with van der Waals surface area (Å²) in [6.45, 7) is 2.27. The van der Waals surface area contributed by atoms with Gasteiger partial charge in [-0.25, -0.2) is 0 Å². The lowest BCUT2D eigenvalue weighted by Crippen LogP contribution is -2.10. The number of hydrogen-bond donors (Lipinski definition) is 1. The van der Waals surface area contributed by atoms with Gasteiger partial charge >= 0.3 is 0 Å². The van der Waals surface area contributed by atoms with E-state index in [1.807, 2.05) is 0 Å². The van der Waals surface area contributed by atoms with Crippen LogP contribution in [0.15, 0.2) is 24.3 Å². The van der Waals surface area contributed by atoms with Gasteiger partial charge in [-0.3, -0.25) is 14.9 Å². The summed E-state index contributed by atoms with van der Waals surface area (Å²) in [5.41, 5.74) is 0.645. The third-order valence-electron chi connectivity index (χ3n) is 5.37. The molecule has 0 radical (unpaired) electrons. The largest absolute Gasteiger partial charge is 0.326 e. The smallest absolute Gasteiger partial charge is 0.269 e. The molecular weight excluding hydrogens is 364 g/mol. The van der Waals surface area contributed by atoms with E-state index in [2.05, 4.69) is 12.2 Å². The van der Waals surface area contributed by atoms with E-state index in [1.54, 1.807) is 12.1 Å². The van der Waals surface area contributed by atoms with Gasteiger partial charge in [0.25, 0.3) is 5.69 Å². The van der Waals surface area contributed by atoms with Crippen LogP contribution in [0.4, 0.5) is 11.4 Å². The number of nitro groups is 1. The molecule has 1 N–H and O–H groups in total. The fourth-order valence-corrected chi connectivity index (χ4v) is 3.55. The Balaban J connectivity index is 1.88. The van der Waals surface area contributed by atoms with Crippen LogP contribution in [-0.2, 0) is 4.79 Å². The third kappa shape index (κ3) is 13.8. The van der Waals surface area contributed by atoms with Crippen molar-refractivity contribution in [1.82, 2.24) is 0 Å². The number of unbranched alkanes of at least 4 members (excludes halogenated alkanes) is 14. The summed E-state index contributed by atoms with van der Waals surface area (Å²) >= 11 is 0. The minimum atomic E-state index is -0.443. The zero-order valence-electron chi connectivity index (χ0n) is 18.3. The Bertz CT molecular complexity index is 558. The average Bonchev–Trinajstić information content (AvgIpc) is 2.71. The molecule has 1 rings (SSSR count). The van der Waals surface area contributed by atoms with Crippen molar-refractivity contribution in [3.63, 3.8) is 0 Å². The first-order valence-corrected chi connectivity index (χ1v) is 11.7. The maximum Gasteiger partial charge on any atom is 0.269 e. The highest BCUT2D eigenvalue weighted by molar-refractivity contribution is 5.90.